The lowest BCUT2D eigenvalue weighted by atomic mass is 10.0. The van der Waals surface area contributed by atoms with Crippen LogP contribution in [0.2, 0.25) is 0 Å². The van der Waals surface area contributed by atoms with E-state index in [0.717, 1.165) is 15.0 Å². The van der Waals surface area contributed by atoms with Crippen LogP contribution in [0.15, 0.2) is 40.3 Å². The van der Waals surface area contributed by atoms with Crippen molar-refractivity contribution in [3.63, 3.8) is 0 Å². The molecule has 0 saturated heterocycles. The van der Waals surface area contributed by atoms with E-state index in [2.05, 4.69) is 26.2 Å². The first-order valence-electron chi connectivity index (χ1n) is 7.11. The molecule has 1 aromatic carbocycles. The first-order valence-corrected chi connectivity index (χ1v) is 8.78. The Morgan fingerprint density at radius 1 is 1.36 bits per heavy atom. The summed E-state index contributed by atoms with van der Waals surface area (Å²) in [5.41, 5.74) is 1.01. The maximum atomic E-state index is 11.5. The number of halogens is 1. The first kappa shape index (κ1) is 17.1. The smallest absolute Gasteiger partial charge is 0.320 e. The summed E-state index contributed by atoms with van der Waals surface area (Å²) in [6, 6.07) is 7.06. The molecule has 6 heteroatoms. The summed E-state index contributed by atoms with van der Waals surface area (Å²) < 4.78 is 0.992. The number of carbonyl (C=O) groups is 1. The topological polar surface area (TPSA) is 62.2 Å². The highest BCUT2D eigenvalue weighted by atomic mass is 79.9. The maximum absolute atomic E-state index is 11.5. The van der Waals surface area contributed by atoms with E-state index < -0.39 is 12.0 Å². The molecule has 2 rings (SSSR count). The van der Waals surface area contributed by atoms with Crippen molar-refractivity contribution in [3.8, 4) is 0 Å². The highest BCUT2D eigenvalue weighted by Gasteiger charge is 2.25. The van der Waals surface area contributed by atoms with Crippen molar-refractivity contribution in [3.05, 3.63) is 50.9 Å². The minimum atomic E-state index is -0.827. The van der Waals surface area contributed by atoms with E-state index in [1.54, 1.807) is 6.20 Å². The Morgan fingerprint density at radius 3 is 2.55 bits per heavy atom. The van der Waals surface area contributed by atoms with Crippen LogP contribution in [0.5, 0.6) is 0 Å². The first-order chi connectivity index (χ1) is 10.5. The van der Waals surface area contributed by atoms with Crippen LogP contribution in [0.3, 0.4) is 0 Å². The summed E-state index contributed by atoms with van der Waals surface area (Å²) in [4.78, 5) is 15.9. The van der Waals surface area contributed by atoms with E-state index in [4.69, 9.17) is 0 Å². The molecule has 0 spiro atoms. The van der Waals surface area contributed by atoms with Crippen LogP contribution in [0.4, 0.5) is 0 Å². The molecule has 0 aliphatic rings. The molecule has 22 heavy (non-hydrogen) atoms. The third-order valence-electron chi connectivity index (χ3n) is 3.27. The Kier molecular flexibility index (Phi) is 6.11. The van der Waals surface area contributed by atoms with E-state index in [0.29, 0.717) is 12.3 Å². The second-order valence-electron chi connectivity index (χ2n) is 5.54. The van der Waals surface area contributed by atoms with Gasteiger partial charge in [0, 0.05) is 16.0 Å². The molecule has 2 unspecified atom stereocenters. The van der Waals surface area contributed by atoms with Gasteiger partial charge in [-0.3, -0.25) is 10.1 Å². The molecule has 0 amide bonds. The fraction of sp³-hybridized carbons (Fsp3) is 0.375. The molecule has 118 valence electrons. The third-order valence-corrected chi connectivity index (χ3v) is 4.64. The van der Waals surface area contributed by atoms with Crippen LogP contribution in [-0.2, 0) is 4.79 Å². The molecule has 0 aliphatic heterocycles. The van der Waals surface area contributed by atoms with Gasteiger partial charge in [0.05, 0.1) is 6.04 Å². The van der Waals surface area contributed by atoms with Gasteiger partial charge in [0.25, 0.3) is 0 Å². The largest absolute Gasteiger partial charge is 0.480 e. The normalized spacial score (nSPS) is 14.0. The minimum absolute atomic E-state index is 0.215. The fourth-order valence-corrected chi connectivity index (χ4v) is 3.24. The predicted molar refractivity (Wildman–Crippen MR) is 92.1 cm³/mol. The number of rotatable bonds is 7. The number of thiazole rings is 1. The molecule has 4 nitrogen and oxygen atoms in total. The number of benzene rings is 1. The summed E-state index contributed by atoms with van der Waals surface area (Å²) in [6.07, 6.45) is 2.32. The van der Waals surface area contributed by atoms with Gasteiger partial charge in [0.15, 0.2) is 0 Å². The highest BCUT2D eigenvalue weighted by Crippen LogP contribution is 2.26. The molecule has 0 fully saturated rings. The van der Waals surface area contributed by atoms with Crippen molar-refractivity contribution < 1.29 is 9.90 Å². The van der Waals surface area contributed by atoms with Crippen molar-refractivity contribution in [1.29, 1.82) is 0 Å². The van der Waals surface area contributed by atoms with Crippen molar-refractivity contribution >= 4 is 33.2 Å². The van der Waals surface area contributed by atoms with Crippen molar-refractivity contribution in [2.75, 3.05) is 0 Å². The molecule has 2 atom stereocenters. The Morgan fingerprint density at radius 2 is 2.05 bits per heavy atom. The van der Waals surface area contributed by atoms with Crippen LogP contribution in [0, 0.1) is 5.92 Å². The van der Waals surface area contributed by atoms with Crippen molar-refractivity contribution in [1.82, 2.24) is 10.3 Å². The van der Waals surface area contributed by atoms with Crippen molar-refractivity contribution in [2.24, 2.45) is 5.92 Å². The Labute approximate surface area is 142 Å². The summed E-state index contributed by atoms with van der Waals surface area (Å²) in [7, 11) is 0. The van der Waals surface area contributed by atoms with Crippen LogP contribution in [0.25, 0.3) is 0 Å². The van der Waals surface area contributed by atoms with Crippen LogP contribution in [0.1, 0.15) is 36.9 Å². The SMILES string of the molecule is CC(C)CC(NC(c1ccc(Br)cc1)c1nccs1)C(=O)O. The quantitative estimate of drug-likeness (QED) is 0.756. The molecule has 2 N–H and O–H groups in total. The highest BCUT2D eigenvalue weighted by molar-refractivity contribution is 9.10. The van der Waals surface area contributed by atoms with Gasteiger partial charge in [-0.25, -0.2) is 4.98 Å². The molecule has 0 aliphatic carbocycles. The second kappa shape index (κ2) is 7.85. The van der Waals surface area contributed by atoms with E-state index >= 15 is 0 Å². The predicted octanol–water partition coefficient (Wildman–Crippen LogP) is 4.08. The molecule has 1 aromatic heterocycles. The zero-order valence-electron chi connectivity index (χ0n) is 12.5. The van der Waals surface area contributed by atoms with Gasteiger partial charge < -0.3 is 5.11 Å². The maximum Gasteiger partial charge on any atom is 0.320 e. The van der Waals surface area contributed by atoms with Gasteiger partial charge in [-0.15, -0.1) is 11.3 Å². The zero-order valence-corrected chi connectivity index (χ0v) is 14.9. The molecular weight excluding hydrogens is 364 g/mol. The Hall–Kier alpha value is -1.24. The van der Waals surface area contributed by atoms with Gasteiger partial charge in [-0.1, -0.05) is 41.9 Å². The monoisotopic (exact) mass is 382 g/mol. The molecule has 0 saturated carbocycles. The van der Waals surface area contributed by atoms with E-state index in [-0.39, 0.29) is 6.04 Å². The molecule has 1 heterocycles. The Balaban J connectivity index is 2.28. The lowest BCUT2D eigenvalue weighted by Crippen LogP contribution is -2.40. The lowest BCUT2D eigenvalue weighted by Gasteiger charge is -2.23. The number of aromatic nitrogens is 1. The third kappa shape index (κ3) is 4.63. The summed E-state index contributed by atoms with van der Waals surface area (Å²) >= 11 is 4.95. The van der Waals surface area contributed by atoms with E-state index in [1.165, 1.54) is 11.3 Å². The van der Waals surface area contributed by atoms with Crippen LogP contribution >= 0.6 is 27.3 Å². The van der Waals surface area contributed by atoms with Gasteiger partial charge in [0.2, 0.25) is 0 Å². The number of aliphatic carboxylic acids is 1. The second-order valence-corrected chi connectivity index (χ2v) is 7.38. The van der Waals surface area contributed by atoms with E-state index in [1.807, 2.05) is 43.5 Å². The van der Waals surface area contributed by atoms with Gasteiger partial charge in [0.1, 0.15) is 11.0 Å². The lowest BCUT2D eigenvalue weighted by molar-refractivity contribution is -0.140. The standard InChI is InChI=1S/C16H19BrN2O2S/c1-10(2)9-13(16(20)21)19-14(15-18-7-8-22-15)11-3-5-12(17)6-4-11/h3-8,10,13-14,19H,9H2,1-2H3,(H,20,21). The van der Waals surface area contributed by atoms with Crippen LogP contribution < -0.4 is 5.32 Å². The number of carboxylic acid groups (broad SMARTS) is 1. The average Bonchev–Trinajstić information content (AvgIpc) is 2.98. The number of carboxylic acids is 1. The molecular formula is C16H19BrN2O2S. The van der Waals surface area contributed by atoms with Gasteiger partial charge in [-0.2, -0.15) is 0 Å². The summed E-state index contributed by atoms with van der Waals surface area (Å²) in [6.45, 7) is 4.05. The van der Waals surface area contributed by atoms with Crippen LogP contribution in [-0.4, -0.2) is 22.1 Å². The average molecular weight is 383 g/mol. The van der Waals surface area contributed by atoms with E-state index in [9.17, 15) is 9.90 Å². The molecule has 0 bridgehead atoms. The van der Waals surface area contributed by atoms with Crippen molar-refractivity contribution in [2.45, 2.75) is 32.4 Å². The summed E-state index contributed by atoms with van der Waals surface area (Å²) in [5, 5.41) is 15.5. The fourth-order valence-electron chi connectivity index (χ4n) is 2.26. The minimum Gasteiger partial charge on any atom is -0.480 e. The number of hydrogen-bond acceptors (Lipinski definition) is 4. The number of hydrogen-bond donors (Lipinski definition) is 2. The summed E-state index contributed by atoms with van der Waals surface area (Å²) in [5.74, 6) is -0.525. The van der Waals surface area contributed by atoms with Gasteiger partial charge >= 0.3 is 5.97 Å². The number of nitrogens with zero attached hydrogens (tertiary/aromatic N) is 1. The number of nitrogens with one attached hydrogen (secondary N) is 1. The zero-order chi connectivity index (χ0) is 16.1. The Bertz CT molecular complexity index is 599. The van der Waals surface area contributed by atoms with Gasteiger partial charge in [-0.05, 0) is 30.0 Å². The molecule has 0 radical (unpaired) electrons. The molecule has 2 aromatic rings.